The van der Waals surface area contributed by atoms with Crippen LogP contribution < -0.4 is 15.1 Å². The quantitative estimate of drug-likeness (QED) is 0.611. The molecule has 1 saturated heterocycles. The van der Waals surface area contributed by atoms with Gasteiger partial charge in [0.05, 0.1) is 17.4 Å². The largest absolute Gasteiger partial charge is 0.478 e. The molecular formula is C25H25FN4O3. The van der Waals surface area contributed by atoms with Crippen molar-refractivity contribution in [2.24, 2.45) is 0 Å². The molecule has 3 aromatic rings. The van der Waals surface area contributed by atoms with E-state index in [9.17, 15) is 19.1 Å². The number of carbonyl (C=O) groups excluding carboxylic acids is 1. The number of aryl methyl sites for hydroxylation is 2. The molecule has 1 aliphatic rings. The van der Waals surface area contributed by atoms with Crippen molar-refractivity contribution in [3.8, 4) is 0 Å². The number of hydrogen-bond donors (Lipinski definition) is 2. The molecule has 2 aromatic carbocycles. The molecular weight excluding hydrogens is 423 g/mol. The molecule has 0 bridgehead atoms. The summed E-state index contributed by atoms with van der Waals surface area (Å²) in [6, 6.07) is 13.3. The van der Waals surface area contributed by atoms with Crippen molar-refractivity contribution in [2.75, 3.05) is 41.3 Å². The lowest BCUT2D eigenvalue weighted by atomic mass is 10.1. The number of aromatic carboxylic acids is 1. The number of halogens is 1. The second kappa shape index (κ2) is 9.28. The second-order valence-corrected chi connectivity index (χ2v) is 8.10. The number of rotatable bonds is 5. The Bertz CT molecular complexity index is 1210. The van der Waals surface area contributed by atoms with E-state index < -0.39 is 17.7 Å². The zero-order chi connectivity index (χ0) is 23.5. The van der Waals surface area contributed by atoms with Crippen LogP contribution in [0, 0.1) is 19.7 Å². The summed E-state index contributed by atoms with van der Waals surface area (Å²) >= 11 is 0. The van der Waals surface area contributed by atoms with Gasteiger partial charge in [-0.25, -0.2) is 14.2 Å². The Morgan fingerprint density at radius 2 is 1.67 bits per heavy atom. The van der Waals surface area contributed by atoms with Crippen LogP contribution in [0.25, 0.3) is 0 Å². The summed E-state index contributed by atoms with van der Waals surface area (Å²) in [4.78, 5) is 32.9. The predicted molar refractivity (Wildman–Crippen MR) is 126 cm³/mol. The van der Waals surface area contributed by atoms with Gasteiger partial charge in [-0.2, -0.15) is 0 Å². The van der Waals surface area contributed by atoms with Gasteiger partial charge in [-0.05, 0) is 49.2 Å². The van der Waals surface area contributed by atoms with Crippen molar-refractivity contribution in [3.05, 3.63) is 82.8 Å². The third kappa shape index (κ3) is 4.79. The molecule has 2 N–H and O–H groups in total. The third-order valence-corrected chi connectivity index (χ3v) is 5.76. The van der Waals surface area contributed by atoms with E-state index in [0.29, 0.717) is 18.9 Å². The van der Waals surface area contributed by atoms with Crippen LogP contribution in [0.2, 0.25) is 0 Å². The van der Waals surface area contributed by atoms with Crippen LogP contribution in [0.15, 0.2) is 54.7 Å². The molecule has 0 saturated carbocycles. The maximum atomic E-state index is 13.9. The average Bonchev–Trinajstić information content (AvgIpc) is 2.81. The van der Waals surface area contributed by atoms with Gasteiger partial charge in [0, 0.05) is 31.9 Å². The Hall–Kier alpha value is -3.94. The smallest absolute Gasteiger partial charge is 0.339 e. The lowest BCUT2D eigenvalue weighted by Gasteiger charge is -2.38. The molecule has 4 rings (SSSR count). The number of amides is 1. The fourth-order valence-corrected chi connectivity index (χ4v) is 4.00. The molecule has 0 unspecified atom stereocenters. The molecule has 1 fully saturated rings. The summed E-state index contributed by atoms with van der Waals surface area (Å²) < 4.78 is 13.9. The number of nitrogens with zero attached hydrogens (tertiary/aromatic N) is 3. The van der Waals surface area contributed by atoms with Crippen LogP contribution in [0.4, 0.5) is 21.6 Å². The van der Waals surface area contributed by atoms with Gasteiger partial charge in [0.25, 0.3) is 5.91 Å². The topological polar surface area (TPSA) is 85.8 Å². The van der Waals surface area contributed by atoms with Crippen LogP contribution in [0.3, 0.4) is 0 Å². The van der Waals surface area contributed by atoms with Gasteiger partial charge < -0.3 is 20.2 Å². The lowest BCUT2D eigenvalue weighted by molar-refractivity contribution is 0.0696. The average molecular weight is 448 g/mol. The monoisotopic (exact) mass is 448 g/mol. The normalized spacial score (nSPS) is 13.7. The first-order valence-electron chi connectivity index (χ1n) is 10.7. The molecule has 0 spiro atoms. The van der Waals surface area contributed by atoms with Crippen LogP contribution >= 0.6 is 0 Å². The molecule has 1 amide bonds. The molecule has 170 valence electrons. The number of pyridine rings is 1. The van der Waals surface area contributed by atoms with Gasteiger partial charge in [-0.15, -0.1) is 0 Å². The van der Waals surface area contributed by atoms with Gasteiger partial charge in [0.2, 0.25) is 0 Å². The SMILES string of the molecule is Cc1ccc(C)c(N2CCN(c3ncc(NC(=O)c4ccccc4F)cc3C(=O)O)CC2)c1. The van der Waals surface area contributed by atoms with Crippen molar-refractivity contribution in [1.29, 1.82) is 0 Å². The van der Waals surface area contributed by atoms with Crippen molar-refractivity contribution < 1.29 is 19.1 Å². The van der Waals surface area contributed by atoms with Crippen LogP contribution in [0.1, 0.15) is 31.8 Å². The van der Waals surface area contributed by atoms with Crippen molar-refractivity contribution in [1.82, 2.24) is 4.98 Å². The number of anilines is 3. The van der Waals surface area contributed by atoms with E-state index in [1.807, 2.05) is 4.90 Å². The second-order valence-electron chi connectivity index (χ2n) is 8.10. The number of piperazine rings is 1. The first-order chi connectivity index (χ1) is 15.8. The highest BCUT2D eigenvalue weighted by Gasteiger charge is 2.24. The Morgan fingerprint density at radius 3 is 2.36 bits per heavy atom. The highest BCUT2D eigenvalue weighted by Crippen LogP contribution is 2.27. The van der Waals surface area contributed by atoms with E-state index in [0.717, 1.165) is 13.1 Å². The van der Waals surface area contributed by atoms with Gasteiger partial charge >= 0.3 is 5.97 Å². The number of benzene rings is 2. The number of carboxylic acid groups (broad SMARTS) is 1. The van der Waals surface area contributed by atoms with Crippen molar-refractivity contribution in [3.63, 3.8) is 0 Å². The molecule has 0 radical (unpaired) electrons. The fraction of sp³-hybridized carbons (Fsp3) is 0.240. The molecule has 1 aliphatic heterocycles. The summed E-state index contributed by atoms with van der Waals surface area (Å²) in [6.45, 7) is 6.84. The lowest BCUT2D eigenvalue weighted by Crippen LogP contribution is -2.47. The standard InChI is InChI=1S/C25H25FN4O3/c1-16-7-8-17(2)22(13-16)29-9-11-30(12-10-29)23-20(25(32)33)14-18(15-27-23)28-24(31)19-5-3-4-6-21(19)26/h3-8,13-15H,9-12H2,1-2H3,(H,28,31)(H,32,33). The summed E-state index contributed by atoms with van der Waals surface area (Å²) in [5.74, 6) is -2.11. The van der Waals surface area contributed by atoms with Crippen LogP contribution in [-0.2, 0) is 0 Å². The minimum Gasteiger partial charge on any atom is -0.478 e. The fourth-order valence-electron chi connectivity index (χ4n) is 4.00. The third-order valence-electron chi connectivity index (χ3n) is 5.76. The van der Waals surface area contributed by atoms with Crippen molar-refractivity contribution in [2.45, 2.75) is 13.8 Å². The van der Waals surface area contributed by atoms with E-state index in [4.69, 9.17) is 0 Å². The van der Waals surface area contributed by atoms with Crippen LogP contribution in [-0.4, -0.2) is 48.1 Å². The number of aromatic nitrogens is 1. The summed E-state index contributed by atoms with van der Waals surface area (Å²) in [7, 11) is 0. The van der Waals surface area contributed by atoms with Gasteiger partial charge in [0.15, 0.2) is 0 Å². The number of hydrogen-bond acceptors (Lipinski definition) is 5. The van der Waals surface area contributed by atoms with Crippen LogP contribution in [0.5, 0.6) is 0 Å². The maximum absolute atomic E-state index is 13.9. The zero-order valence-electron chi connectivity index (χ0n) is 18.5. The zero-order valence-corrected chi connectivity index (χ0v) is 18.5. The molecule has 8 heteroatoms. The van der Waals surface area contributed by atoms with Gasteiger partial charge in [0.1, 0.15) is 17.2 Å². The molecule has 0 aliphatic carbocycles. The molecule has 1 aromatic heterocycles. The molecule has 0 atom stereocenters. The van der Waals surface area contributed by atoms with E-state index in [-0.39, 0.29) is 16.8 Å². The Balaban J connectivity index is 1.51. The van der Waals surface area contributed by atoms with E-state index in [1.165, 1.54) is 47.3 Å². The number of carbonyl (C=O) groups is 2. The van der Waals surface area contributed by atoms with Crippen molar-refractivity contribution >= 4 is 29.1 Å². The predicted octanol–water partition coefficient (Wildman–Crippen LogP) is 4.11. The molecule has 7 nitrogen and oxygen atoms in total. The van der Waals surface area contributed by atoms with Gasteiger partial charge in [-0.3, -0.25) is 4.79 Å². The van der Waals surface area contributed by atoms with E-state index >= 15 is 0 Å². The summed E-state index contributed by atoms with van der Waals surface area (Å²) in [5, 5.41) is 12.3. The van der Waals surface area contributed by atoms with E-state index in [2.05, 4.69) is 47.2 Å². The number of carboxylic acids is 1. The summed E-state index contributed by atoms with van der Waals surface area (Å²) in [6.07, 6.45) is 1.40. The maximum Gasteiger partial charge on any atom is 0.339 e. The minimum absolute atomic E-state index is 0.0125. The minimum atomic E-state index is -1.14. The number of nitrogens with one attached hydrogen (secondary N) is 1. The van der Waals surface area contributed by atoms with E-state index in [1.54, 1.807) is 6.07 Å². The first-order valence-corrected chi connectivity index (χ1v) is 10.7. The highest BCUT2D eigenvalue weighted by molar-refractivity contribution is 6.05. The molecule has 2 heterocycles. The van der Waals surface area contributed by atoms with Gasteiger partial charge in [-0.1, -0.05) is 24.3 Å². The highest BCUT2D eigenvalue weighted by atomic mass is 19.1. The summed E-state index contributed by atoms with van der Waals surface area (Å²) in [5.41, 5.74) is 3.64. The Labute approximate surface area is 191 Å². The first kappa shape index (κ1) is 22.3. The Kier molecular flexibility index (Phi) is 6.26. The Morgan fingerprint density at radius 1 is 0.970 bits per heavy atom. The molecule has 33 heavy (non-hydrogen) atoms.